The summed E-state index contributed by atoms with van der Waals surface area (Å²) in [5, 5.41) is 1.94. The maximum atomic E-state index is 13.7. The van der Waals surface area contributed by atoms with Crippen LogP contribution in [0.5, 0.6) is 5.75 Å². The zero-order valence-corrected chi connectivity index (χ0v) is 11.4. The van der Waals surface area contributed by atoms with Crippen molar-refractivity contribution in [2.75, 3.05) is 6.54 Å². The summed E-state index contributed by atoms with van der Waals surface area (Å²) in [5.41, 5.74) is 6.81. The van der Waals surface area contributed by atoms with Crippen molar-refractivity contribution in [3.05, 3.63) is 51.5 Å². The quantitative estimate of drug-likeness (QED) is 0.874. The summed E-state index contributed by atoms with van der Waals surface area (Å²) in [5.74, 6) is 5.72. The average Bonchev–Trinajstić information content (AvgIpc) is 2.86. The molecule has 4 heteroatoms. The molecule has 0 atom stereocenters. The van der Waals surface area contributed by atoms with Crippen molar-refractivity contribution in [2.45, 2.75) is 13.5 Å². The van der Waals surface area contributed by atoms with Gasteiger partial charge in [-0.3, -0.25) is 0 Å². The third-order valence-electron chi connectivity index (χ3n) is 2.51. The first-order valence-corrected chi connectivity index (χ1v) is 6.73. The summed E-state index contributed by atoms with van der Waals surface area (Å²) in [6.07, 6.45) is 0. The number of hydrogen-bond donors (Lipinski definition) is 1. The predicted molar refractivity (Wildman–Crippen MR) is 75.7 cm³/mol. The van der Waals surface area contributed by atoms with Crippen molar-refractivity contribution in [3.8, 4) is 17.6 Å². The van der Waals surface area contributed by atoms with Crippen LogP contribution in [0.15, 0.2) is 29.6 Å². The molecule has 0 spiro atoms. The Morgan fingerprint density at radius 3 is 3.05 bits per heavy atom. The van der Waals surface area contributed by atoms with Gasteiger partial charge in [0.2, 0.25) is 0 Å². The van der Waals surface area contributed by atoms with E-state index in [4.69, 9.17) is 10.5 Å². The molecular weight excluding hydrogens is 261 g/mol. The Labute approximate surface area is 116 Å². The van der Waals surface area contributed by atoms with Gasteiger partial charge in [0.1, 0.15) is 6.61 Å². The lowest BCUT2D eigenvalue weighted by atomic mass is 10.2. The van der Waals surface area contributed by atoms with Gasteiger partial charge in [0, 0.05) is 15.8 Å². The molecule has 0 saturated carbocycles. The second kappa shape index (κ2) is 6.37. The first-order chi connectivity index (χ1) is 9.20. The molecule has 2 aromatic rings. The Balaban J connectivity index is 2.02. The van der Waals surface area contributed by atoms with Crippen LogP contribution < -0.4 is 10.5 Å². The van der Waals surface area contributed by atoms with Crippen molar-refractivity contribution < 1.29 is 9.13 Å². The zero-order chi connectivity index (χ0) is 13.7. The summed E-state index contributed by atoms with van der Waals surface area (Å²) in [6.45, 7) is 2.40. The molecule has 0 aliphatic carbocycles. The van der Waals surface area contributed by atoms with Crippen LogP contribution in [-0.2, 0) is 6.61 Å². The highest BCUT2D eigenvalue weighted by molar-refractivity contribution is 7.10. The Bertz CT molecular complexity index is 625. The number of hydrogen-bond acceptors (Lipinski definition) is 3. The SMILES string of the molecule is Cc1cccc(OCc2cc(C#CCN)cs2)c1F. The molecule has 0 unspecified atom stereocenters. The highest BCUT2D eigenvalue weighted by Gasteiger charge is 2.06. The van der Waals surface area contributed by atoms with Gasteiger partial charge in [-0.25, -0.2) is 4.39 Å². The fraction of sp³-hybridized carbons (Fsp3) is 0.200. The first kappa shape index (κ1) is 13.6. The van der Waals surface area contributed by atoms with Crippen molar-refractivity contribution in [1.29, 1.82) is 0 Å². The minimum absolute atomic E-state index is 0.281. The molecule has 0 radical (unpaired) electrons. The minimum Gasteiger partial charge on any atom is -0.485 e. The molecule has 0 saturated heterocycles. The van der Waals surface area contributed by atoms with Gasteiger partial charge in [0.25, 0.3) is 0 Å². The predicted octanol–water partition coefficient (Wildman–Crippen LogP) is 3.08. The van der Waals surface area contributed by atoms with E-state index in [0.717, 1.165) is 10.4 Å². The molecule has 0 amide bonds. The van der Waals surface area contributed by atoms with Crippen molar-refractivity contribution in [3.63, 3.8) is 0 Å². The van der Waals surface area contributed by atoms with Crippen LogP contribution in [0.25, 0.3) is 0 Å². The summed E-state index contributed by atoms with van der Waals surface area (Å²) in [4.78, 5) is 1.00. The number of nitrogens with two attached hydrogens (primary N) is 1. The van der Waals surface area contributed by atoms with E-state index in [0.29, 0.717) is 18.7 Å². The van der Waals surface area contributed by atoms with Crippen LogP contribution in [0.3, 0.4) is 0 Å². The molecular formula is C15H14FNOS. The highest BCUT2D eigenvalue weighted by atomic mass is 32.1. The van der Waals surface area contributed by atoms with Gasteiger partial charge in [-0.1, -0.05) is 24.0 Å². The fourth-order valence-corrected chi connectivity index (χ4v) is 2.28. The van der Waals surface area contributed by atoms with E-state index >= 15 is 0 Å². The van der Waals surface area contributed by atoms with Gasteiger partial charge in [-0.05, 0) is 24.6 Å². The average molecular weight is 275 g/mol. The number of aryl methyl sites for hydroxylation is 1. The molecule has 98 valence electrons. The standard InChI is InChI=1S/C15H14FNOS/c1-11-4-2-6-14(15(11)16)18-9-13-8-12(10-19-13)5-3-7-17/h2,4,6,8,10H,7,9,17H2,1H3. The number of rotatable bonds is 3. The van der Waals surface area contributed by atoms with E-state index in [1.165, 1.54) is 11.3 Å². The molecule has 0 bridgehead atoms. The van der Waals surface area contributed by atoms with Crippen LogP contribution in [0.2, 0.25) is 0 Å². The lowest BCUT2D eigenvalue weighted by Gasteiger charge is -2.06. The van der Waals surface area contributed by atoms with Gasteiger partial charge in [-0.2, -0.15) is 0 Å². The van der Waals surface area contributed by atoms with Crippen molar-refractivity contribution in [1.82, 2.24) is 0 Å². The number of ether oxygens (including phenoxy) is 1. The third-order valence-corrected chi connectivity index (χ3v) is 3.43. The minimum atomic E-state index is -0.304. The van der Waals surface area contributed by atoms with Crippen LogP contribution in [0.4, 0.5) is 4.39 Å². The second-order valence-corrected chi connectivity index (χ2v) is 4.98. The molecule has 1 aromatic heterocycles. The van der Waals surface area contributed by atoms with E-state index in [1.54, 1.807) is 25.1 Å². The number of halogens is 1. The normalized spacial score (nSPS) is 9.84. The van der Waals surface area contributed by atoms with Crippen LogP contribution >= 0.6 is 11.3 Å². The number of thiophene rings is 1. The Morgan fingerprint density at radius 2 is 2.26 bits per heavy atom. The van der Waals surface area contributed by atoms with Gasteiger partial charge in [0.15, 0.2) is 11.6 Å². The Kier molecular flexibility index (Phi) is 4.56. The lowest BCUT2D eigenvalue weighted by molar-refractivity contribution is 0.293. The van der Waals surface area contributed by atoms with Gasteiger partial charge in [0.05, 0.1) is 6.54 Å². The molecule has 1 aromatic carbocycles. The molecule has 2 rings (SSSR count). The molecule has 2 N–H and O–H groups in total. The van der Waals surface area contributed by atoms with Crippen LogP contribution in [0.1, 0.15) is 16.0 Å². The Morgan fingerprint density at radius 1 is 1.42 bits per heavy atom. The topological polar surface area (TPSA) is 35.2 Å². The Hall–Kier alpha value is -1.83. The molecule has 19 heavy (non-hydrogen) atoms. The highest BCUT2D eigenvalue weighted by Crippen LogP contribution is 2.22. The first-order valence-electron chi connectivity index (χ1n) is 5.85. The van der Waals surface area contributed by atoms with Gasteiger partial charge < -0.3 is 10.5 Å². The van der Waals surface area contributed by atoms with E-state index in [9.17, 15) is 4.39 Å². The maximum Gasteiger partial charge on any atom is 0.167 e. The summed E-state index contributed by atoms with van der Waals surface area (Å²) in [7, 11) is 0. The second-order valence-electron chi connectivity index (χ2n) is 3.98. The zero-order valence-electron chi connectivity index (χ0n) is 10.6. The van der Waals surface area contributed by atoms with E-state index in [1.807, 2.05) is 11.4 Å². The largest absolute Gasteiger partial charge is 0.485 e. The monoisotopic (exact) mass is 275 g/mol. The van der Waals surface area contributed by atoms with Crippen LogP contribution in [0, 0.1) is 24.6 Å². The molecule has 0 aliphatic rings. The van der Waals surface area contributed by atoms with E-state index < -0.39 is 0 Å². The lowest BCUT2D eigenvalue weighted by Crippen LogP contribution is -1.96. The summed E-state index contributed by atoms with van der Waals surface area (Å²) in [6, 6.07) is 7.06. The third kappa shape index (κ3) is 3.57. The molecule has 1 heterocycles. The summed E-state index contributed by atoms with van der Waals surface area (Å²) < 4.78 is 19.2. The van der Waals surface area contributed by atoms with Crippen molar-refractivity contribution in [2.24, 2.45) is 5.73 Å². The molecule has 0 aliphatic heterocycles. The number of benzene rings is 1. The smallest absolute Gasteiger partial charge is 0.167 e. The van der Waals surface area contributed by atoms with E-state index in [2.05, 4.69) is 11.8 Å². The van der Waals surface area contributed by atoms with Crippen LogP contribution in [-0.4, -0.2) is 6.54 Å². The maximum absolute atomic E-state index is 13.7. The molecule has 0 fully saturated rings. The summed E-state index contributed by atoms with van der Waals surface area (Å²) >= 11 is 1.54. The van der Waals surface area contributed by atoms with E-state index in [-0.39, 0.29) is 11.6 Å². The fourth-order valence-electron chi connectivity index (χ4n) is 1.56. The molecule has 2 nitrogen and oxygen atoms in total. The van der Waals surface area contributed by atoms with Gasteiger partial charge >= 0.3 is 0 Å². The van der Waals surface area contributed by atoms with Crippen molar-refractivity contribution >= 4 is 11.3 Å². The van der Waals surface area contributed by atoms with Gasteiger partial charge in [-0.15, -0.1) is 11.3 Å².